The zero-order valence-electron chi connectivity index (χ0n) is 10.8. The summed E-state index contributed by atoms with van der Waals surface area (Å²) in [5.74, 6) is 1.45. The number of hydrogen-bond donors (Lipinski definition) is 1. The molecule has 4 heteroatoms. The molecule has 0 spiro atoms. The summed E-state index contributed by atoms with van der Waals surface area (Å²) >= 11 is 0. The fourth-order valence-electron chi connectivity index (χ4n) is 1.71. The molecule has 0 atom stereocenters. The van der Waals surface area contributed by atoms with Gasteiger partial charge in [-0.2, -0.15) is 5.26 Å². The summed E-state index contributed by atoms with van der Waals surface area (Å²) in [7, 11) is 3.21. The highest BCUT2D eigenvalue weighted by molar-refractivity contribution is 5.68. The van der Waals surface area contributed by atoms with Crippen molar-refractivity contribution in [3.8, 4) is 17.6 Å². The molecule has 0 heterocycles. The lowest BCUT2D eigenvalue weighted by Crippen LogP contribution is -1.95. The first-order valence-electron chi connectivity index (χ1n) is 5.76. The van der Waals surface area contributed by atoms with Crippen molar-refractivity contribution in [1.29, 1.82) is 5.26 Å². The average molecular weight is 254 g/mol. The Morgan fingerprint density at radius 2 is 1.74 bits per heavy atom. The molecule has 96 valence electrons. The summed E-state index contributed by atoms with van der Waals surface area (Å²) in [5, 5.41) is 12.3. The van der Waals surface area contributed by atoms with Gasteiger partial charge in [0.05, 0.1) is 25.5 Å². The van der Waals surface area contributed by atoms with E-state index in [2.05, 4.69) is 11.4 Å². The minimum absolute atomic E-state index is 0.559. The van der Waals surface area contributed by atoms with Crippen LogP contribution in [0.5, 0.6) is 11.5 Å². The topological polar surface area (TPSA) is 54.3 Å². The molecule has 0 aliphatic rings. The standard InChI is InChI=1S/C15H14N2O2/c1-18-13-5-3-4-12(8-13)17-15-9-14(19-2)7-6-11(15)10-16/h3-9,17H,1-2H3. The van der Waals surface area contributed by atoms with Crippen LogP contribution in [0.25, 0.3) is 0 Å². The van der Waals surface area contributed by atoms with Crippen molar-refractivity contribution >= 4 is 11.4 Å². The van der Waals surface area contributed by atoms with E-state index in [0.29, 0.717) is 17.0 Å². The molecule has 0 aromatic heterocycles. The van der Waals surface area contributed by atoms with Crippen molar-refractivity contribution in [3.05, 3.63) is 48.0 Å². The molecule has 2 aromatic carbocycles. The van der Waals surface area contributed by atoms with Gasteiger partial charge in [-0.3, -0.25) is 0 Å². The first-order chi connectivity index (χ1) is 9.26. The Bertz CT molecular complexity index is 618. The number of benzene rings is 2. The van der Waals surface area contributed by atoms with Crippen LogP contribution in [0.2, 0.25) is 0 Å². The van der Waals surface area contributed by atoms with Gasteiger partial charge in [0.2, 0.25) is 0 Å². The zero-order chi connectivity index (χ0) is 13.7. The van der Waals surface area contributed by atoms with Crippen LogP contribution in [0.15, 0.2) is 42.5 Å². The summed E-state index contributed by atoms with van der Waals surface area (Å²) in [4.78, 5) is 0. The Balaban J connectivity index is 2.33. The maximum absolute atomic E-state index is 9.11. The fourth-order valence-corrected chi connectivity index (χ4v) is 1.71. The molecule has 2 rings (SSSR count). The van der Waals surface area contributed by atoms with E-state index in [-0.39, 0.29) is 0 Å². The van der Waals surface area contributed by atoms with Crippen molar-refractivity contribution in [2.75, 3.05) is 19.5 Å². The predicted molar refractivity (Wildman–Crippen MR) is 74.0 cm³/mol. The van der Waals surface area contributed by atoms with Gasteiger partial charge in [-0.05, 0) is 24.3 Å². The zero-order valence-corrected chi connectivity index (χ0v) is 10.8. The second kappa shape index (κ2) is 5.78. The number of methoxy groups -OCH3 is 2. The number of hydrogen-bond acceptors (Lipinski definition) is 4. The second-order valence-corrected chi connectivity index (χ2v) is 3.88. The monoisotopic (exact) mass is 254 g/mol. The smallest absolute Gasteiger partial charge is 0.121 e. The van der Waals surface area contributed by atoms with Gasteiger partial charge in [-0.15, -0.1) is 0 Å². The van der Waals surface area contributed by atoms with Gasteiger partial charge in [0, 0.05) is 17.8 Å². The van der Waals surface area contributed by atoms with E-state index in [1.54, 1.807) is 32.4 Å². The molecule has 1 N–H and O–H groups in total. The maximum atomic E-state index is 9.11. The Morgan fingerprint density at radius 1 is 1.00 bits per heavy atom. The van der Waals surface area contributed by atoms with E-state index in [9.17, 15) is 0 Å². The lowest BCUT2D eigenvalue weighted by molar-refractivity contribution is 0.415. The first-order valence-corrected chi connectivity index (χ1v) is 5.76. The van der Waals surface area contributed by atoms with Crippen molar-refractivity contribution in [2.24, 2.45) is 0 Å². The van der Waals surface area contributed by atoms with Crippen LogP contribution in [-0.2, 0) is 0 Å². The number of nitrogens with zero attached hydrogens (tertiary/aromatic N) is 1. The Labute approximate surface area is 112 Å². The largest absolute Gasteiger partial charge is 0.497 e. The van der Waals surface area contributed by atoms with Gasteiger partial charge in [-0.25, -0.2) is 0 Å². The molecule has 0 radical (unpaired) electrons. The molecule has 0 fully saturated rings. The quantitative estimate of drug-likeness (QED) is 0.909. The van der Waals surface area contributed by atoms with E-state index in [1.807, 2.05) is 24.3 Å². The summed E-state index contributed by atoms with van der Waals surface area (Å²) in [6.07, 6.45) is 0. The summed E-state index contributed by atoms with van der Waals surface area (Å²) in [6.45, 7) is 0. The van der Waals surface area contributed by atoms with Crippen molar-refractivity contribution in [2.45, 2.75) is 0 Å². The summed E-state index contributed by atoms with van der Waals surface area (Å²) in [5.41, 5.74) is 2.11. The average Bonchev–Trinajstić information content (AvgIpc) is 2.47. The van der Waals surface area contributed by atoms with Crippen LogP contribution in [0.3, 0.4) is 0 Å². The highest BCUT2D eigenvalue weighted by atomic mass is 16.5. The minimum atomic E-state index is 0.559. The molecular formula is C15H14N2O2. The number of ether oxygens (including phenoxy) is 2. The van der Waals surface area contributed by atoms with Crippen molar-refractivity contribution in [1.82, 2.24) is 0 Å². The number of rotatable bonds is 4. The molecule has 19 heavy (non-hydrogen) atoms. The number of nitriles is 1. The highest BCUT2D eigenvalue weighted by Gasteiger charge is 2.05. The third-order valence-electron chi connectivity index (χ3n) is 2.70. The van der Waals surface area contributed by atoms with E-state index in [1.165, 1.54) is 0 Å². The number of anilines is 2. The third-order valence-corrected chi connectivity index (χ3v) is 2.70. The van der Waals surface area contributed by atoms with Crippen LogP contribution in [0, 0.1) is 11.3 Å². The van der Waals surface area contributed by atoms with Crippen LogP contribution in [0.1, 0.15) is 5.56 Å². The predicted octanol–water partition coefficient (Wildman–Crippen LogP) is 3.32. The molecule has 0 aliphatic heterocycles. The molecule has 0 bridgehead atoms. The van der Waals surface area contributed by atoms with Crippen LogP contribution in [-0.4, -0.2) is 14.2 Å². The fraction of sp³-hybridized carbons (Fsp3) is 0.133. The van der Waals surface area contributed by atoms with E-state index >= 15 is 0 Å². The molecule has 0 aliphatic carbocycles. The minimum Gasteiger partial charge on any atom is -0.497 e. The first kappa shape index (κ1) is 12.8. The molecule has 0 saturated carbocycles. The second-order valence-electron chi connectivity index (χ2n) is 3.88. The number of nitrogens with one attached hydrogen (secondary N) is 1. The SMILES string of the molecule is COc1cccc(Nc2cc(OC)ccc2C#N)c1. The van der Waals surface area contributed by atoms with Crippen LogP contribution < -0.4 is 14.8 Å². The van der Waals surface area contributed by atoms with Crippen molar-refractivity contribution in [3.63, 3.8) is 0 Å². The van der Waals surface area contributed by atoms with Gasteiger partial charge in [0.25, 0.3) is 0 Å². The Kier molecular flexibility index (Phi) is 3.89. The maximum Gasteiger partial charge on any atom is 0.121 e. The molecule has 0 saturated heterocycles. The lowest BCUT2D eigenvalue weighted by atomic mass is 10.1. The van der Waals surface area contributed by atoms with Gasteiger partial charge < -0.3 is 14.8 Å². The Hall–Kier alpha value is -2.67. The third kappa shape index (κ3) is 2.96. The Morgan fingerprint density at radius 3 is 2.42 bits per heavy atom. The molecule has 0 unspecified atom stereocenters. The highest BCUT2D eigenvalue weighted by Crippen LogP contribution is 2.27. The van der Waals surface area contributed by atoms with Crippen LogP contribution >= 0.6 is 0 Å². The molecule has 4 nitrogen and oxygen atoms in total. The van der Waals surface area contributed by atoms with Gasteiger partial charge in [-0.1, -0.05) is 6.07 Å². The van der Waals surface area contributed by atoms with E-state index < -0.39 is 0 Å². The summed E-state index contributed by atoms with van der Waals surface area (Å²) in [6, 6.07) is 14.9. The van der Waals surface area contributed by atoms with E-state index in [4.69, 9.17) is 14.7 Å². The van der Waals surface area contributed by atoms with Gasteiger partial charge in [0.15, 0.2) is 0 Å². The van der Waals surface area contributed by atoms with Crippen molar-refractivity contribution < 1.29 is 9.47 Å². The normalized spacial score (nSPS) is 9.53. The molecular weight excluding hydrogens is 240 g/mol. The van der Waals surface area contributed by atoms with Crippen LogP contribution in [0.4, 0.5) is 11.4 Å². The van der Waals surface area contributed by atoms with Gasteiger partial charge in [0.1, 0.15) is 17.6 Å². The van der Waals surface area contributed by atoms with E-state index in [0.717, 1.165) is 11.4 Å². The molecule has 2 aromatic rings. The molecule has 0 amide bonds. The summed E-state index contributed by atoms with van der Waals surface area (Å²) < 4.78 is 10.3. The lowest BCUT2D eigenvalue weighted by Gasteiger charge is -2.11. The van der Waals surface area contributed by atoms with Gasteiger partial charge >= 0.3 is 0 Å².